The Morgan fingerprint density at radius 2 is 2.29 bits per heavy atom. The average molecular weight is 327 g/mol. The summed E-state index contributed by atoms with van der Waals surface area (Å²) in [4.78, 5) is 11.9. The summed E-state index contributed by atoms with van der Waals surface area (Å²) < 4.78 is 5.66. The molecule has 1 atom stereocenters. The number of hydrogen-bond donors (Lipinski definition) is 2. The minimum Gasteiger partial charge on any atom is -0.492 e. The zero-order valence-electron chi connectivity index (χ0n) is 11.4. The molecule has 6 heteroatoms. The number of carbonyl (C=O) groups is 1. The predicted octanol–water partition coefficient (Wildman–Crippen LogP) is 3.53. The molecule has 1 heterocycles. The first-order valence-corrected chi connectivity index (χ1v) is 7.47. The Morgan fingerprint density at radius 3 is 3.05 bits per heavy atom. The smallest absolute Gasteiger partial charge is 0.315 e. The molecule has 2 amide bonds. The molecule has 112 valence electrons. The molecular weight excluding hydrogens is 311 g/mol. The van der Waals surface area contributed by atoms with Crippen LogP contribution in [-0.4, -0.2) is 19.2 Å². The van der Waals surface area contributed by atoms with Crippen LogP contribution in [0.4, 0.5) is 4.79 Å². The molecule has 0 aliphatic carbocycles. The number of urea groups is 1. The number of terminal acetylenes is 1. The lowest BCUT2D eigenvalue weighted by Gasteiger charge is -2.19. The van der Waals surface area contributed by atoms with E-state index in [1.54, 1.807) is 6.07 Å². The predicted molar refractivity (Wildman–Crippen MR) is 83.9 cm³/mol. The van der Waals surface area contributed by atoms with E-state index < -0.39 is 0 Å². The Morgan fingerprint density at radius 1 is 1.48 bits per heavy atom. The molecule has 0 saturated carbocycles. The molecule has 4 nitrogen and oxygen atoms in total. The van der Waals surface area contributed by atoms with Crippen molar-refractivity contribution in [2.45, 2.75) is 25.3 Å². The van der Waals surface area contributed by atoms with Crippen LogP contribution in [0.25, 0.3) is 0 Å². The number of hydrogen-bond acceptors (Lipinski definition) is 2. The van der Waals surface area contributed by atoms with Crippen molar-refractivity contribution in [3.8, 4) is 18.1 Å². The zero-order chi connectivity index (χ0) is 15.2. The molecule has 0 radical (unpaired) electrons. The quantitative estimate of drug-likeness (QED) is 0.659. The highest BCUT2D eigenvalue weighted by molar-refractivity contribution is 6.43. The molecule has 0 spiro atoms. The van der Waals surface area contributed by atoms with Crippen molar-refractivity contribution in [1.29, 1.82) is 0 Å². The van der Waals surface area contributed by atoms with E-state index >= 15 is 0 Å². The van der Waals surface area contributed by atoms with Gasteiger partial charge in [-0.05, 0) is 18.9 Å². The van der Waals surface area contributed by atoms with Crippen LogP contribution in [0.3, 0.4) is 0 Å². The number of fused-ring (bicyclic) bond motifs is 1. The number of benzene rings is 1. The van der Waals surface area contributed by atoms with E-state index in [2.05, 4.69) is 16.6 Å². The van der Waals surface area contributed by atoms with Gasteiger partial charge in [0.2, 0.25) is 0 Å². The minimum atomic E-state index is -0.255. The van der Waals surface area contributed by atoms with Crippen LogP contribution in [0, 0.1) is 12.3 Å². The number of carbonyl (C=O) groups excluding carboxylic acids is 1. The number of nitrogens with one attached hydrogen (secondary N) is 2. The Balaban J connectivity index is 2.13. The molecule has 0 aromatic heterocycles. The summed E-state index contributed by atoms with van der Waals surface area (Å²) in [6, 6.07) is 3.13. The first-order valence-electron chi connectivity index (χ1n) is 6.72. The lowest BCUT2D eigenvalue weighted by Crippen LogP contribution is -2.38. The summed E-state index contributed by atoms with van der Waals surface area (Å²) in [5.74, 6) is 3.02. The summed E-state index contributed by atoms with van der Waals surface area (Å²) >= 11 is 12.2. The number of ether oxygens (including phenoxy) is 1. The fourth-order valence-electron chi connectivity index (χ4n) is 2.19. The largest absolute Gasteiger partial charge is 0.492 e. The van der Waals surface area contributed by atoms with E-state index in [4.69, 9.17) is 34.4 Å². The van der Waals surface area contributed by atoms with Gasteiger partial charge in [-0.25, -0.2) is 4.79 Å². The summed E-state index contributed by atoms with van der Waals surface area (Å²) in [6.45, 7) is 0.990. The van der Waals surface area contributed by atoms with Gasteiger partial charge in [0.05, 0.1) is 17.7 Å². The van der Waals surface area contributed by atoms with Gasteiger partial charge in [0.15, 0.2) is 0 Å². The monoisotopic (exact) mass is 326 g/mol. The third-order valence-electron chi connectivity index (χ3n) is 3.20. The molecule has 2 N–H and O–H groups in total. The first-order chi connectivity index (χ1) is 10.1. The van der Waals surface area contributed by atoms with Crippen molar-refractivity contribution < 1.29 is 9.53 Å². The Labute approximate surface area is 134 Å². The topological polar surface area (TPSA) is 50.4 Å². The Bertz CT molecular complexity index is 570. The van der Waals surface area contributed by atoms with Gasteiger partial charge in [-0.1, -0.05) is 29.3 Å². The van der Waals surface area contributed by atoms with Crippen molar-refractivity contribution in [2.75, 3.05) is 13.2 Å². The van der Waals surface area contributed by atoms with Crippen molar-refractivity contribution in [3.63, 3.8) is 0 Å². The molecular formula is C15H16Cl2N2O2. The maximum absolute atomic E-state index is 11.9. The van der Waals surface area contributed by atoms with Crippen LogP contribution < -0.4 is 15.4 Å². The van der Waals surface area contributed by atoms with Gasteiger partial charge in [-0.15, -0.1) is 12.3 Å². The lowest BCUT2D eigenvalue weighted by molar-refractivity contribution is 0.236. The molecule has 1 aromatic carbocycles. The molecule has 1 aliphatic heterocycles. The third-order valence-corrected chi connectivity index (χ3v) is 3.99. The summed E-state index contributed by atoms with van der Waals surface area (Å²) in [7, 11) is 0. The average Bonchev–Trinajstić information content (AvgIpc) is 2.66. The number of rotatable bonds is 3. The maximum Gasteiger partial charge on any atom is 0.315 e. The molecule has 1 unspecified atom stereocenters. The fourth-order valence-corrected chi connectivity index (χ4v) is 2.57. The van der Waals surface area contributed by atoms with Crippen LogP contribution >= 0.6 is 23.2 Å². The second-order valence-electron chi connectivity index (χ2n) is 4.68. The summed E-state index contributed by atoms with van der Waals surface area (Å²) in [5, 5.41) is 6.46. The van der Waals surface area contributed by atoms with Gasteiger partial charge < -0.3 is 15.4 Å². The highest BCUT2D eigenvalue weighted by Crippen LogP contribution is 2.40. The van der Waals surface area contributed by atoms with Crippen molar-refractivity contribution in [1.82, 2.24) is 10.6 Å². The molecule has 1 aromatic rings. The summed E-state index contributed by atoms with van der Waals surface area (Å²) in [5.41, 5.74) is 0.842. The van der Waals surface area contributed by atoms with Crippen molar-refractivity contribution in [2.24, 2.45) is 0 Å². The Kier molecular flexibility index (Phi) is 5.60. The molecule has 0 saturated heterocycles. The molecule has 2 rings (SSSR count). The van der Waals surface area contributed by atoms with Gasteiger partial charge in [0.1, 0.15) is 10.8 Å². The van der Waals surface area contributed by atoms with Gasteiger partial charge >= 0.3 is 6.03 Å². The minimum absolute atomic E-state index is 0.164. The normalized spacial score (nSPS) is 16.9. The van der Waals surface area contributed by atoms with Crippen LogP contribution in [0.1, 0.15) is 30.9 Å². The standard InChI is InChI=1S/C15H16Cl2N2O2/c1-2-3-8-18-15(20)19-12-5-4-9-21-14-10(12)6-7-11(16)13(14)17/h1,6-7,12H,3-5,8-9H2,(H2,18,19,20). The van der Waals surface area contributed by atoms with E-state index in [0.717, 1.165) is 18.4 Å². The summed E-state index contributed by atoms with van der Waals surface area (Å²) in [6.07, 6.45) is 7.24. The highest BCUT2D eigenvalue weighted by atomic mass is 35.5. The van der Waals surface area contributed by atoms with E-state index in [-0.39, 0.29) is 12.1 Å². The number of halogens is 2. The van der Waals surface area contributed by atoms with Crippen molar-refractivity contribution >= 4 is 29.2 Å². The SMILES string of the molecule is C#CCCNC(=O)NC1CCCOc2c1ccc(Cl)c2Cl. The molecule has 0 bridgehead atoms. The van der Waals surface area contributed by atoms with Crippen LogP contribution in [0.2, 0.25) is 10.0 Å². The zero-order valence-corrected chi connectivity index (χ0v) is 12.9. The second-order valence-corrected chi connectivity index (χ2v) is 5.46. The fraction of sp³-hybridized carbons (Fsp3) is 0.400. The van der Waals surface area contributed by atoms with E-state index in [1.807, 2.05) is 6.07 Å². The third kappa shape index (κ3) is 3.96. The van der Waals surface area contributed by atoms with E-state index in [9.17, 15) is 4.79 Å². The van der Waals surface area contributed by atoms with Gasteiger partial charge in [-0.3, -0.25) is 0 Å². The first kappa shape index (κ1) is 15.8. The molecule has 1 aliphatic rings. The van der Waals surface area contributed by atoms with Gasteiger partial charge in [0.25, 0.3) is 0 Å². The maximum atomic E-state index is 11.9. The van der Waals surface area contributed by atoms with E-state index in [0.29, 0.717) is 35.4 Å². The van der Waals surface area contributed by atoms with Gasteiger partial charge in [0, 0.05) is 18.5 Å². The highest BCUT2D eigenvalue weighted by Gasteiger charge is 2.24. The van der Waals surface area contributed by atoms with Crippen LogP contribution in [0.15, 0.2) is 12.1 Å². The molecule has 0 fully saturated rings. The number of amides is 2. The Hall–Kier alpha value is -1.57. The lowest BCUT2D eigenvalue weighted by atomic mass is 10.0. The van der Waals surface area contributed by atoms with Crippen molar-refractivity contribution in [3.05, 3.63) is 27.7 Å². The van der Waals surface area contributed by atoms with Crippen LogP contribution in [-0.2, 0) is 0 Å². The molecule has 21 heavy (non-hydrogen) atoms. The van der Waals surface area contributed by atoms with E-state index in [1.165, 1.54) is 0 Å². The second kappa shape index (κ2) is 7.44. The van der Waals surface area contributed by atoms with Gasteiger partial charge in [-0.2, -0.15) is 0 Å². The van der Waals surface area contributed by atoms with Crippen LogP contribution in [0.5, 0.6) is 5.75 Å².